The Bertz CT molecular complexity index is 1560. The number of para-hydroxylation sites is 1. The number of imidazole rings is 2. The number of halogens is 3. The number of benzene rings is 3. The molecule has 0 radical (unpaired) electrons. The highest BCUT2D eigenvalue weighted by atomic mass is 19.4. The van der Waals surface area contributed by atoms with Crippen molar-refractivity contribution in [1.82, 2.24) is 19.1 Å². The average Bonchev–Trinajstić information content (AvgIpc) is 3.37. The minimum atomic E-state index is -4.59. The number of alkyl halides is 3. The molecule has 5 rings (SSSR count). The number of aromatic nitrogens is 4. The summed E-state index contributed by atoms with van der Waals surface area (Å²) in [6.07, 6.45) is -2.99. The van der Waals surface area contributed by atoms with Gasteiger partial charge >= 0.3 is 11.9 Å². The van der Waals surface area contributed by atoms with Gasteiger partial charge in [0.1, 0.15) is 0 Å². The molecule has 0 spiro atoms. The molecule has 0 atom stereocenters. The third-order valence-corrected chi connectivity index (χ3v) is 5.73. The predicted octanol–water partition coefficient (Wildman–Crippen LogP) is 5.71. The van der Waals surface area contributed by atoms with Crippen LogP contribution in [-0.2, 0) is 13.2 Å². The third kappa shape index (κ3) is 3.44. The lowest BCUT2D eigenvalue weighted by molar-refractivity contribution is -0.137. The molecule has 0 aliphatic rings. The number of rotatable bonds is 3. The standard InChI is InChI=1S/C25H19F3N4O/c1-15-6-5-7-16(12-15)22-23(30-14-29-22)17-10-11-20-21(13-17)31(2)24(33)32(20)19-9-4-3-8-18(19)25(26,27)28/h3-14H,1-2H3,(H,29,30). The molecule has 166 valence electrons. The fraction of sp³-hybridized carbons (Fsp3) is 0.120. The fourth-order valence-electron chi connectivity index (χ4n) is 4.16. The summed E-state index contributed by atoms with van der Waals surface area (Å²) in [6, 6.07) is 18.3. The number of hydrogen-bond donors (Lipinski definition) is 1. The van der Waals surface area contributed by atoms with Crippen molar-refractivity contribution in [2.75, 3.05) is 0 Å². The maximum atomic E-state index is 13.6. The molecule has 0 aliphatic carbocycles. The summed E-state index contributed by atoms with van der Waals surface area (Å²) in [5, 5.41) is 0. The second-order valence-electron chi connectivity index (χ2n) is 7.89. The Balaban J connectivity index is 1.71. The molecule has 5 aromatic rings. The van der Waals surface area contributed by atoms with Gasteiger partial charge in [0.25, 0.3) is 0 Å². The van der Waals surface area contributed by atoms with E-state index >= 15 is 0 Å². The molecule has 2 heterocycles. The second kappa shape index (κ2) is 7.51. The first kappa shape index (κ1) is 20.8. The Morgan fingerprint density at radius 1 is 0.909 bits per heavy atom. The third-order valence-electron chi connectivity index (χ3n) is 5.73. The minimum absolute atomic E-state index is 0.199. The maximum absolute atomic E-state index is 13.6. The van der Waals surface area contributed by atoms with Crippen LogP contribution in [0.25, 0.3) is 39.2 Å². The summed E-state index contributed by atoms with van der Waals surface area (Å²) in [6.45, 7) is 2.00. The SMILES string of the molecule is Cc1cccc(-c2nc[nH]c2-c2ccc3c(c2)n(C)c(=O)n3-c2ccccc2C(F)(F)F)c1. The molecule has 0 saturated heterocycles. The smallest absolute Gasteiger partial charge is 0.344 e. The Hall–Kier alpha value is -4.07. The van der Waals surface area contributed by atoms with E-state index in [0.717, 1.165) is 38.7 Å². The summed E-state index contributed by atoms with van der Waals surface area (Å²) in [5.41, 5.74) is 3.61. The molecule has 1 N–H and O–H groups in total. The van der Waals surface area contributed by atoms with Crippen molar-refractivity contribution in [1.29, 1.82) is 0 Å². The van der Waals surface area contributed by atoms with Crippen LogP contribution >= 0.6 is 0 Å². The normalized spacial score (nSPS) is 11.9. The second-order valence-corrected chi connectivity index (χ2v) is 7.89. The van der Waals surface area contributed by atoms with Gasteiger partial charge in [-0.3, -0.25) is 9.13 Å². The van der Waals surface area contributed by atoms with Crippen LogP contribution in [0.4, 0.5) is 13.2 Å². The van der Waals surface area contributed by atoms with Crippen molar-refractivity contribution in [2.45, 2.75) is 13.1 Å². The number of H-pyrrole nitrogens is 1. The molecule has 0 aliphatic heterocycles. The van der Waals surface area contributed by atoms with Gasteiger partial charge in [-0.2, -0.15) is 13.2 Å². The average molecular weight is 448 g/mol. The van der Waals surface area contributed by atoms with Crippen molar-refractivity contribution >= 4 is 11.0 Å². The van der Waals surface area contributed by atoms with Gasteiger partial charge in [-0.1, -0.05) is 42.0 Å². The van der Waals surface area contributed by atoms with Crippen LogP contribution < -0.4 is 5.69 Å². The van der Waals surface area contributed by atoms with Gasteiger partial charge in [0.2, 0.25) is 0 Å². The van der Waals surface area contributed by atoms with Gasteiger partial charge < -0.3 is 4.98 Å². The molecule has 0 saturated carbocycles. The lowest BCUT2D eigenvalue weighted by atomic mass is 10.0. The first-order valence-electron chi connectivity index (χ1n) is 10.2. The number of fused-ring (bicyclic) bond motifs is 1. The van der Waals surface area contributed by atoms with E-state index in [0.29, 0.717) is 11.0 Å². The number of hydrogen-bond acceptors (Lipinski definition) is 2. The highest BCUT2D eigenvalue weighted by Crippen LogP contribution is 2.35. The summed E-state index contributed by atoms with van der Waals surface area (Å²) < 4.78 is 43.3. The fourth-order valence-corrected chi connectivity index (χ4v) is 4.16. The largest absolute Gasteiger partial charge is 0.418 e. The topological polar surface area (TPSA) is 55.6 Å². The summed E-state index contributed by atoms with van der Waals surface area (Å²) in [7, 11) is 1.55. The number of nitrogens with one attached hydrogen (secondary N) is 1. The summed E-state index contributed by atoms with van der Waals surface area (Å²) in [5.74, 6) is 0. The first-order valence-corrected chi connectivity index (χ1v) is 10.2. The minimum Gasteiger partial charge on any atom is -0.344 e. The Morgan fingerprint density at radius 2 is 1.70 bits per heavy atom. The molecule has 3 aromatic carbocycles. The molecule has 0 unspecified atom stereocenters. The molecule has 0 amide bonds. The molecular weight excluding hydrogens is 429 g/mol. The van der Waals surface area contributed by atoms with E-state index < -0.39 is 17.4 Å². The van der Waals surface area contributed by atoms with Crippen LogP contribution in [-0.4, -0.2) is 19.1 Å². The van der Waals surface area contributed by atoms with Gasteiger partial charge in [0, 0.05) is 18.2 Å². The van der Waals surface area contributed by atoms with Crippen LogP contribution in [0, 0.1) is 6.92 Å². The molecule has 0 fully saturated rings. The lowest BCUT2D eigenvalue weighted by Crippen LogP contribution is -2.23. The quantitative estimate of drug-likeness (QED) is 0.384. The van der Waals surface area contributed by atoms with E-state index in [9.17, 15) is 18.0 Å². The van der Waals surface area contributed by atoms with Crippen molar-refractivity contribution in [3.63, 3.8) is 0 Å². The van der Waals surface area contributed by atoms with Crippen LogP contribution in [0.15, 0.2) is 77.9 Å². The van der Waals surface area contributed by atoms with Gasteiger partial charge in [0.05, 0.1) is 40.0 Å². The molecule has 2 aromatic heterocycles. The van der Waals surface area contributed by atoms with Crippen LogP contribution in [0.2, 0.25) is 0 Å². The zero-order valence-corrected chi connectivity index (χ0v) is 17.8. The number of aromatic amines is 1. The molecule has 33 heavy (non-hydrogen) atoms. The Labute approximate surface area is 186 Å². The number of aryl methyl sites for hydroxylation is 2. The monoisotopic (exact) mass is 448 g/mol. The van der Waals surface area contributed by atoms with E-state index in [1.165, 1.54) is 22.8 Å². The van der Waals surface area contributed by atoms with E-state index in [1.54, 1.807) is 31.6 Å². The van der Waals surface area contributed by atoms with Crippen molar-refractivity contribution < 1.29 is 13.2 Å². The van der Waals surface area contributed by atoms with E-state index in [-0.39, 0.29) is 5.69 Å². The highest BCUT2D eigenvalue weighted by molar-refractivity contribution is 5.87. The maximum Gasteiger partial charge on any atom is 0.418 e. The van der Waals surface area contributed by atoms with Crippen LogP contribution in [0.1, 0.15) is 11.1 Å². The predicted molar refractivity (Wildman–Crippen MR) is 121 cm³/mol. The van der Waals surface area contributed by atoms with Gasteiger partial charge in [-0.05, 0) is 37.3 Å². The summed E-state index contributed by atoms with van der Waals surface area (Å²) in [4.78, 5) is 20.6. The molecule has 0 bridgehead atoms. The highest BCUT2D eigenvalue weighted by Gasteiger charge is 2.34. The number of nitrogens with zero attached hydrogens (tertiary/aromatic N) is 3. The van der Waals surface area contributed by atoms with Crippen molar-refractivity contribution in [2.24, 2.45) is 7.05 Å². The molecule has 5 nitrogen and oxygen atoms in total. The zero-order valence-electron chi connectivity index (χ0n) is 17.8. The first-order chi connectivity index (χ1) is 15.8. The molecule has 8 heteroatoms. The van der Waals surface area contributed by atoms with E-state index in [2.05, 4.69) is 9.97 Å². The van der Waals surface area contributed by atoms with E-state index in [1.807, 2.05) is 31.2 Å². The van der Waals surface area contributed by atoms with Crippen molar-refractivity contribution in [3.8, 4) is 28.2 Å². The summed E-state index contributed by atoms with van der Waals surface area (Å²) >= 11 is 0. The Morgan fingerprint density at radius 3 is 2.45 bits per heavy atom. The molecular formula is C25H19F3N4O. The lowest BCUT2D eigenvalue weighted by Gasteiger charge is -2.13. The van der Waals surface area contributed by atoms with Gasteiger partial charge in [-0.25, -0.2) is 9.78 Å². The Kier molecular flexibility index (Phi) is 4.74. The zero-order chi connectivity index (χ0) is 23.3. The van der Waals surface area contributed by atoms with Gasteiger partial charge in [0.15, 0.2) is 0 Å². The van der Waals surface area contributed by atoms with Crippen LogP contribution in [0.5, 0.6) is 0 Å². The van der Waals surface area contributed by atoms with Crippen molar-refractivity contribution in [3.05, 3.63) is 94.7 Å². The van der Waals surface area contributed by atoms with Gasteiger partial charge in [-0.15, -0.1) is 0 Å². The van der Waals surface area contributed by atoms with E-state index in [4.69, 9.17) is 0 Å². The van der Waals surface area contributed by atoms with Crippen LogP contribution in [0.3, 0.4) is 0 Å².